The molecule has 2 aromatic rings. The van der Waals surface area contributed by atoms with Crippen LogP contribution >= 0.6 is 27.5 Å². The van der Waals surface area contributed by atoms with Gasteiger partial charge in [0.2, 0.25) is 0 Å². The van der Waals surface area contributed by atoms with E-state index in [-0.39, 0.29) is 5.69 Å². The molecule has 6 nitrogen and oxygen atoms in total. The van der Waals surface area contributed by atoms with Gasteiger partial charge in [0.1, 0.15) is 0 Å². The summed E-state index contributed by atoms with van der Waals surface area (Å²) in [6.07, 6.45) is 1.26. The fraction of sp³-hybridized carbons (Fsp3) is 0. The Hall–Kier alpha value is -2.25. The van der Waals surface area contributed by atoms with E-state index in [1.54, 1.807) is 24.3 Å². The Balaban J connectivity index is 2.09. The number of hydrogen-bond acceptors (Lipinski definition) is 4. The van der Waals surface area contributed by atoms with Crippen molar-refractivity contribution in [1.82, 2.24) is 5.43 Å². The first kappa shape index (κ1) is 16.1. The zero-order chi connectivity index (χ0) is 16.1. The maximum absolute atomic E-state index is 11.8. The minimum Gasteiger partial charge on any atom is -0.267 e. The van der Waals surface area contributed by atoms with E-state index in [2.05, 4.69) is 26.5 Å². The van der Waals surface area contributed by atoms with Gasteiger partial charge in [0, 0.05) is 32.8 Å². The minimum atomic E-state index is -0.534. The number of carbonyl (C=O) groups excluding carboxylic acids is 1. The largest absolute Gasteiger partial charge is 0.271 e. The number of hydrogen-bond donors (Lipinski definition) is 1. The van der Waals surface area contributed by atoms with E-state index in [0.717, 1.165) is 4.47 Å². The number of hydrazone groups is 1. The first-order valence-corrected chi connectivity index (χ1v) is 7.17. The van der Waals surface area contributed by atoms with Gasteiger partial charge in [0.15, 0.2) is 0 Å². The fourth-order valence-electron chi connectivity index (χ4n) is 1.57. The van der Waals surface area contributed by atoms with Crippen LogP contribution in [0.25, 0.3) is 0 Å². The zero-order valence-corrected chi connectivity index (χ0v) is 13.3. The van der Waals surface area contributed by atoms with Crippen molar-refractivity contribution in [3.63, 3.8) is 0 Å². The lowest BCUT2D eigenvalue weighted by molar-refractivity contribution is -0.384. The van der Waals surface area contributed by atoms with Crippen molar-refractivity contribution in [3.05, 3.63) is 73.2 Å². The molecular weight excluding hydrogens is 374 g/mol. The second kappa shape index (κ2) is 7.15. The Morgan fingerprint density at radius 2 is 1.95 bits per heavy atom. The molecule has 0 aliphatic rings. The van der Waals surface area contributed by atoms with Gasteiger partial charge in [-0.2, -0.15) is 5.10 Å². The third kappa shape index (κ3) is 4.12. The lowest BCUT2D eigenvalue weighted by Gasteiger charge is -2.01. The van der Waals surface area contributed by atoms with Gasteiger partial charge < -0.3 is 0 Å². The van der Waals surface area contributed by atoms with Gasteiger partial charge in [0.25, 0.3) is 11.6 Å². The Labute approximate surface area is 139 Å². The molecule has 112 valence electrons. The van der Waals surface area contributed by atoms with E-state index in [1.165, 1.54) is 24.4 Å². The summed E-state index contributed by atoms with van der Waals surface area (Å²) >= 11 is 9.19. The van der Waals surface area contributed by atoms with Crippen LogP contribution in [0.3, 0.4) is 0 Å². The highest BCUT2D eigenvalue weighted by Gasteiger charge is 2.08. The van der Waals surface area contributed by atoms with E-state index in [4.69, 9.17) is 11.6 Å². The van der Waals surface area contributed by atoms with Crippen LogP contribution in [-0.4, -0.2) is 17.0 Å². The van der Waals surface area contributed by atoms with Crippen LogP contribution in [-0.2, 0) is 0 Å². The molecule has 2 aromatic carbocycles. The Morgan fingerprint density at radius 1 is 1.27 bits per heavy atom. The molecular formula is C14H9BrClN3O3. The monoisotopic (exact) mass is 381 g/mol. The Morgan fingerprint density at radius 3 is 2.59 bits per heavy atom. The highest BCUT2D eigenvalue weighted by atomic mass is 79.9. The zero-order valence-electron chi connectivity index (χ0n) is 11.0. The molecule has 2 rings (SSSR count). The van der Waals surface area contributed by atoms with Gasteiger partial charge in [-0.1, -0.05) is 27.5 Å². The van der Waals surface area contributed by atoms with Crippen LogP contribution in [0.5, 0.6) is 0 Å². The maximum Gasteiger partial charge on any atom is 0.271 e. The number of benzene rings is 2. The summed E-state index contributed by atoms with van der Waals surface area (Å²) in [6, 6.07) is 10.7. The molecule has 0 saturated carbocycles. The second-order valence-electron chi connectivity index (χ2n) is 4.17. The highest BCUT2D eigenvalue weighted by Crippen LogP contribution is 2.20. The lowest BCUT2D eigenvalue weighted by atomic mass is 10.2. The number of nitro benzene ring substituents is 1. The summed E-state index contributed by atoms with van der Waals surface area (Å²) < 4.78 is 0.857. The molecule has 0 heterocycles. The van der Waals surface area contributed by atoms with E-state index in [9.17, 15) is 14.9 Å². The minimum absolute atomic E-state index is 0.106. The molecule has 0 aromatic heterocycles. The predicted octanol–water partition coefficient (Wildman–Crippen LogP) is 3.77. The molecule has 1 N–H and O–H groups in total. The quantitative estimate of drug-likeness (QED) is 0.496. The van der Waals surface area contributed by atoms with Crippen LogP contribution in [0.15, 0.2) is 52.0 Å². The van der Waals surface area contributed by atoms with Gasteiger partial charge in [-0.05, 0) is 30.3 Å². The van der Waals surface area contributed by atoms with Crippen LogP contribution in [0, 0.1) is 10.1 Å². The number of nitro groups is 1. The summed E-state index contributed by atoms with van der Waals surface area (Å²) in [6.45, 7) is 0. The number of rotatable bonds is 4. The SMILES string of the molecule is O=C(N/N=C/c1cc([N+](=O)[O-])ccc1Cl)c1ccc(Br)cc1. The predicted molar refractivity (Wildman–Crippen MR) is 87.3 cm³/mol. The summed E-state index contributed by atoms with van der Waals surface area (Å²) in [5.74, 6) is -0.398. The average Bonchev–Trinajstić information content (AvgIpc) is 2.49. The Bertz CT molecular complexity index is 747. The van der Waals surface area contributed by atoms with Gasteiger partial charge in [-0.25, -0.2) is 5.43 Å². The standard InChI is InChI=1S/C14H9BrClN3O3/c15-11-3-1-9(2-4-11)14(20)18-17-8-10-7-12(19(21)22)5-6-13(10)16/h1-8H,(H,18,20)/b17-8+. The molecule has 0 unspecified atom stereocenters. The molecule has 0 aliphatic carbocycles. The Kier molecular flexibility index (Phi) is 5.24. The van der Waals surface area contributed by atoms with Crippen molar-refractivity contribution in [3.8, 4) is 0 Å². The third-order valence-corrected chi connectivity index (χ3v) is 3.54. The number of nitrogens with zero attached hydrogens (tertiary/aromatic N) is 2. The van der Waals surface area contributed by atoms with Crippen molar-refractivity contribution >= 4 is 45.3 Å². The number of amides is 1. The summed E-state index contributed by atoms with van der Waals surface area (Å²) in [5, 5.41) is 14.8. The van der Waals surface area contributed by atoms with E-state index < -0.39 is 10.8 Å². The van der Waals surface area contributed by atoms with Gasteiger partial charge in [-0.3, -0.25) is 14.9 Å². The van der Waals surface area contributed by atoms with Gasteiger partial charge in [-0.15, -0.1) is 0 Å². The third-order valence-electron chi connectivity index (χ3n) is 2.67. The van der Waals surface area contributed by atoms with E-state index >= 15 is 0 Å². The van der Waals surface area contributed by atoms with Crippen molar-refractivity contribution in [2.45, 2.75) is 0 Å². The van der Waals surface area contributed by atoms with Gasteiger partial charge >= 0.3 is 0 Å². The first-order chi connectivity index (χ1) is 10.5. The number of nitrogens with one attached hydrogen (secondary N) is 1. The van der Waals surface area contributed by atoms with Gasteiger partial charge in [0.05, 0.1) is 11.1 Å². The highest BCUT2D eigenvalue weighted by molar-refractivity contribution is 9.10. The van der Waals surface area contributed by atoms with Crippen molar-refractivity contribution in [2.24, 2.45) is 5.10 Å². The van der Waals surface area contributed by atoms with Crippen molar-refractivity contribution < 1.29 is 9.72 Å². The maximum atomic E-state index is 11.8. The second-order valence-corrected chi connectivity index (χ2v) is 5.49. The fourth-order valence-corrected chi connectivity index (χ4v) is 2.00. The molecule has 1 amide bonds. The number of non-ortho nitro benzene ring substituents is 1. The van der Waals surface area contributed by atoms with Crippen molar-refractivity contribution in [1.29, 1.82) is 0 Å². The molecule has 0 spiro atoms. The van der Waals surface area contributed by atoms with Crippen LogP contribution in [0.4, 0.5) is 5.69 Å². The topological polar surface area (TPSA) is 84.6 Å². The van der Waals surface area contributed by atoms with Crippen molar-refractivity contribution in [2.75, 3.05) is 0 Å². The molecule has 0 saturated heterocycles. The smallest absolute Gasteiger partial charge is 0.267 e. The lowest BCUT2D eigenvalue weighted by Crippen LogP contribution is -2.17. The molecule has 0 aliphatic heterocycles. The van der Waals surface area contributed by atoms with Crippen LogP contribution in [0.1, 0.15) is 15.9 Å². The summed E-state index contributed by atoms with van der Waals surface area (Å²) in [7, 11) is 0. The number of carbonyl (C=O) groups is 1. The summed E-state index contributed by atoms with van der Waals surface area (Å²) in [4.78, 5) is 22.0. The average molecular weight is 383 g/mol. The molecule has 8 heteroatoms. The van der Waals surface area contributed by atoms with E-state index in [1.807, 2.05) is 0 Å². The van der Waals surface area contributed by atoms with Crippen LogP contribution < -0.4 is 5.43 Å². The van der Waals surface area contributed by atoms with Crippen LogP contribution in [0.2, 0.25) is 5.02 Å². The first-order valence-electron chi connectivity index (χ1n) is 6.00. The normalized spacial score (nSPS) is 10.6. The molecule has 0 bridgehead atoms. The molecule has 0 fully saturated rings. The molecule has 22 heavy (non-hydrogen) atoms. The van der Waals surface area contributed by atoms with E-state index in [0.29, 0.717) is 16.1 Å². The molecule has 0 radical (unpaired) electrons. The number of halogens is 2. The summed E-state index contributed by atoms with van der Waals surface area (Å²) in [5.41, 5.74) is 3.00. The molecule has 0 atom stereocenters.